The fraction of sp³-hybridized carbons (Fsp3) is 0.214. The van der Waals surface area contributed by atoms with Crippen LogP contribution in [0, 0.1) is 13.8 Å². The topological polar surface area (TPSA) is 64.1 Å². The molecule has 0 saturated carbocycles. The number of nitrogens with one attached hydrogen (secondary N) is 1. The quantitative estimate of drug-likeness (QED) is 0.856. The summed E-state index contributed by atoms with van der Waals surface area (Å²) in [7, 11) is 1.31. The zero-order valence-corrected chi connectivity index (χ0v) is 11.1. The van der Waals surface area contributed by atoms with Gasteiger partial charge in [-0.05, 0) is 25.5 Å². The van der Waals surface area contributed by atoms with Gasteiger partial charge in [-0.1, -0.05) is 17.7 Å². The summed E-state index contributed by atoms with van der Waals surface area (Å²) in [5, 5.41) is 3.14. The Balaban J connectivity index is 2.26. The predicted octanol–water partition coefficient (Wildman–Crippen LogP) is 2.62. The number of esters is 1. The molecule has 0 fully saturated rings. The first-order valence-electron chi connectivity index (χ1n) is 5.85. The molecular formula is C14H15N3O2. The Hall–Kier alpha value is -2.43. The minimum Gasteiger partial charge on any atom is -0.464 e. The third-order valence-corrected chi connectivity index (χ3v) is 2.67. The van der Waals surface area contributed by atoms with Crippen LogP contribution in [0.25, 0.3) is 0 Å². The number of aromatic nitrogens is 2. The maximum absolute atomic E-state index is 11.4. The monoisotopic (exact) mass is 257 g/mol. The molecule has 1 heterocycles. The number of carbonyl (C=O) groups is 1. The van der Waals surface area contributed by atoms with Crippen LogP contribution in [0.3, 0.4) is 0 Å². The van der Waals surface area contributed by atoms with Gasteiger partial charge >= 0.3 is 5.97 Å². The summed E-state index contributed by atoms with van der Waals surface area (Å²) < 4.78 is 4.61. The highest BCUT2D eigenvalue weighted by Gasteiger charge is 2.09. The molecule has 0 unspecified atom stereocenters. The van der Waals surface area contributed by atoms with Gasteiger partial charge in [-0.2, -0.15) is 0 Å². The summed E-state index contributed by atoms with van der Waals surface area (Å²) in [5.74, 6) is 0.00614. The molecule has 0 radical (unpaired) electrons. The van der Waals surface area contributed by atoms with E-state index in [0.29, 0.717) is 5.82 Å². The molecule has 98 valence electrons. The number of anilines is 2. The second-order valence-electron chi connectivity index (χ2n) is 4.22. The standard InChI is InChI=1S/C14H15N3O2/c1-9-4-5-11(10(2)6-9)16-13-8-15-7-12(17-13)14(18)19-3/h4-8H,1-3H3,(H,16,17). The van der Waals surface area contributed by atoms with Crippen LogP contribution in [0.4, 0.5) is 11.5 Å². The third kappa shape index (κ3) is 3.07. The van der Waals surface area contributed by atoms with Crippen LogP contribution in [0.2, 0.25) is 0 Å². The van der Waals surface area contributed by atoms with Gasteiger partial charge in [-0.3, -0.25) is 4.98 Å². The number of rotatable bonds is 3. The maximum atomic E-state index is 11.4. The maximum Gasteiger partial charge on any atom is 0.358 e. The number of methoxy groups -OCH3 is 1. The van der Waals surface area contributed by atoms with Crippen molar-refractivity contribution >= 4 is 17.5 Å². The molecule has 19 heavy (non-hydrogen) atoms. The van der Waals surface area contributed by atoms with E-state index in [9.17, 15) is 4.79 Å². The van der Waals surface area contributed by atoms with Crippen molar-refractivity contribution in [2.24, 2.45) is 0 Å². The molecule has 1 aromatic heterocycles. The van der Waals surface area contributed by atoms with Crippen LogP contribution in [0.15, 0.2) is 30.6 Å². The number of ether oxygens (including phenoxy) is 1. The van der Waals surface area contributed by atoms with Crippen LogP contribution < -0.4 is 5.32 Å². The second-order valence-corrected chi connectivity index (χ2v) is 4.22. The van der Waals surface area contributed by atoms with Crippen LogP contribution >= 0.6 is 0 Å². The number of aryl methyl sites for hydroxylation is 2. The lowest BCUT2D eigenvalue weighted by atomic mass is 10.1. The smallest absolute Gasteiger partial charge is 0.358 e. The highest BCUT2D eigenvalue weighted by molar-refractivity contribution is 5.87. The van der Waals surface area contributed by atoms with E-state index >= 15 is 0 Å². The Morgan fingerprint density at radius 1 is 1.26 bits per heavy atom. The van der Waals surface area contributed by atoms with Crippen molar-refractivity contribution in [2.45, 2.75) is 13.8 Å². The first kappa shape index (κ1) is 13.0. The Morgan fingerprint density at radius 2 is 2.05 bits per heavy atom. The van der Waals surface area contributed by atoms with Crippen molar-refractivity contribution in [3.05, 3.63) is 47.4 Å². The predicted molar refractivity (Wildman–Crippen MR) is 72.6 cm³/mol. The first-order valence-corrected chi connectivity index (χ1v) is 5.85. The molecule has 0 saturated heterocycles. The summed E-state index contributed by atoms with van der Waals surface area (Å²) in [6.07, 6.45) is 2.94. The Kier molecular flexibility index (Phi) is 3.75. The number of hydrogen-bond acceptors (Lipinski definition) is 5. The molecule has 1 N–H and O–H groups in total. The lowest BCUT2D eigenvalue weighted by molar-refractivity contribution is 0.0593. The highest BCUT2D eigenvalue weighted by atomic mass is 16.5. The van der Waals surface area contributed by atoms with Crippen molar-refractivity contribution in [2.75, 3.05) is 12.4 Å². The zero-order valence-electron chi connectivity index (χ0n) is 11.1. The summed E-state index contributed by atoms with van der Waals surface area (Å²) in [5.41, 5.74) is 3.40. The van der Waals surface area contributed by atoms with E-state index in [-0.39, 0.29) is 5.69 Å². The molecule has 2 rings (SSSR count). The molecule has 0 amide bonds. The number of carbonyl (C=O) groups excluding carboxylic acids is 1. The molecule has 0 bridgehead atoms. The van der Waals surface area contributed by atoms with Gasteiger partial charge in [0.25, 0.3) is 0 Å². The number of benzene rings is 1. The van der Waals surface area contributed by atoms with E-state index in [2.05, 4.69) is 26.1 Å². The minimum absolute atomic E-state index is 0.178. The van der Waals surface area contributed by atoms with Crippen LogP contribution in [-0.4, -0.2) is 23.0 Å². The third-order valence-electron chi connectivity index (χ3n) is 2.67. The zero-order chi connectivity index (χ0) is 13.8. The molecule has 0 aliphatic carbocycles. The van der Waals surface area contributed by atoms with Crippen LogP contribution in [0.5, 0.6) is 0 Å². The summed E-state index contributed by atoms with van der Waals surface area (Å²) in [4.78, 5) is 19.5. The van der Waals surface area contributed by atoms with Gasteiger partial charge in [0, 0.05) is 5.69 Å². The molecular weight excluding hydrogens is 242 g/mol. The van der Waals surface area contributed by atoms with Crippen molar-refractivity contribution in [3.63, 3.8) is 0 Å². The van der Waals surface area contributed by atoms with Gasteiger partial charge < -0.3 is 10.1 Å². The second kappa shape index (κ2) is 5.48. The number of hydrogen-bond donors (Lipinski definition) is 1. The van der Waals surface area contributed by atoms with Gasteiger partial charge in [0.1, 0.15) is 5.82 Å². The first-order chi connectivity index (χ1) is 9.10. The highest BCUT2D eigenvalue weighted by Crippen LogP contribution is 2.19. The molecule has 5 heteroatoms. The molecule has 2 aromatic rings. The van der Waals surface area contributed by atoms with Gasteiger partial charge in [0.2, 0.25) is 0 Å². The Labute approximate surface area is 111 Å². The van der Waals surface area contributed by atoms with E-state index in [1.165, 1.54) is 18.9 Å². The van der Waals surface area contributed by atoms with E-state index in [0.717, 1.165) is 11.3 Å². The average molecular weight is 257 g/mol. The van der Waals surface area contributed by atoms with Crippen molar-refractivity contribution < 1.29 is 9.53 Å². The molecule has 0 spiro atoms. The van der Waals surface area contributed by atoms with Gasteiger partial charge in [0.05, 0.1) is 19.5 Å². The molecule has 0 atom stereocenters. The van der Waals surface area contributed by atoms with Crippen molar-refractivity contribution in [1.82, 2.24) is 9.97 Å². The van der Waals surface area contributed by atoms with E-state index in [1.54, 1.807) is 6.20 Å². The van der Waals surface area contributed by atoms with Gasteiger partial charge in [0.15, 0.2) is 5.69 Å². The fourth-order valence-electron chi connectivity index (χ4n) is 1.72. The largest absolute Gasteiger partial charge is 0.464 e. The van der Waals surface area contributed by atoms with Gasteiger partial charge in [-0.25, -0.2) is 9.78 Å². The van der Waals surface area contributed by atoms with E-state index < -0.39 is 5.97 Å². The lowest BCUT2D eigenvalue weighted by Crippen LogP contribution is -2.07. The molecule has 0 aliphatic rings. The van der Waals surface area contributed by atoms with E-state index in [4.69, 9.17) is 0 Å². The minimum atomic E-state index is -0.503. The summed E-state index contributed by atoms with van der Waals surface area (Å²) in [6.45, 7) is 4.04. The van der Waals surface area contributed by atoms with E-state index in [1.807, 2.05) is 26.0 Å². The normalized spacial score (nSPS) is 10.1. The fourth-order valence-corrected chi connectivity index (χ4v) is 1.72. The Bertz CT molecular complexity index is 611. The van der Waals surface area contributed by atoms with Crippen molar-refractivity contribution in [1.29, 1.82) is 0 Å². The van der Waals surface area contributed by atoms with Crippen LogP contribution in [-0.2, 0) is 4.74 Å². The number of nitrogens with zero attached hydrogens (tertiary/aromatic N) is 2. The van der Waals surface area contributed by atoms with Gasteiger partial charge in [-0.15, -0.1) is 0 Å². The SMILES string of the molecule is COC(=O)c1cncc(Nc2ccc(C)cc2C)n1. The van der Waals surface area contributed by atoms with Crippen LogP contribution in [0.1, 0.15) is 21.6 Å². The summed E-state index contributed by atoms with van der Waals surface area (Å²) >= 11 is 0. The average Bonchev–Trinajstić information content (AvgIpc) is 2.41. The summed E-state index contributed by atoms with van der Waals surface area (Å²) in [6, 6.07) is 6.05. The molecule has 5 nitrogen and oxygen atoms in total. The van der Waals surface area contributed by atoms with Crippen molar-refractivity contribution in [3.8, 4) is 0 Å². The lowest BCUT2D eigenvalue weighted by Gasteiger charge is -2.09. The molecule has 0 aliphatic heterocycles. The molecule has 1 aromatic carbocycles. The Morgan fingerprint density at radius 3 is 2.74 bits per heavy atom.